The minimum atomic E-state index is -0.117. The molecule has 2 aromatic rings. The van der Waals surface area contributed by atoms with Crippen LogP contribution in [0.5, 0.6) is 0 Å². The molecule has 1 aromatic carbocycles. The number of aromatic nitrogens is 1. The Morgan fingerprint density at radius 1 is 1.25 bits per heavy atom. The number of nitrogens with one attached hydrogen (secondary N) is 2. The standard InChI is InChI=1S/C15H16ClN3O/c1-2-6-18-15(20)11-7-14(10-17-9-11)19-13-5-3-4-12(16)8-13/h3-5,7-10,19H,2,6H2,1H3,(H,18,20). The number of halogens is 1. The second-order valence-electron chi connectivity index (χ2n) is 4.35. The largest absolute Gasteiger partial charge is 0.354 e. The molecule has 0 aliphatic heterocycles. The van der Waals surface area contributed by atoms with Gasteiger partial charge in [0.05, 0.1) is 17.4 Å². The number of amides is 1. The Kier molecular flexibility index (Phi) is 4.96. The minimum Gasteiger partial charge on any atom is -0.354 e. The van der Waals surface area contributed by atoms with E-state index in [1.807, 2.05) is 25.1 Å². The quantitative estimate of drug-likeness (QED) is 0.884. The van der Waals surface area contributed by atoms with Crippen molar-refractivity contribution in [2.45, 2.75) is 13.3 Å². The number of hydrogen-bond acceptors (Lipinski definition) is 3. The van der Waals surface area contributed by atoms with Crippen LogP contribution in [0.25, 0.3) is 0 Å². The highest BCUT2D eigenvalue weighted by molar-refractivity contribution is 6.30. The summed E-state index contributed by atoms with van der Waals surface area (Å²) in [4.78, 5) is 15.9. The van der Waals surface area contributed by atoms with Crippen LogP contribution in [0.15, 0.2) is 42.7 Å². The van der Waals surface area contributed by atoms with Gasteiger partial charge in [0.15, 0.2) is 0 Å². The van der Waals surface area contributed by atoms with Crippen LogP contribution in [-0.2, 0) is 0 Å². The van der Waals surface area contributed by atoms with Crippen molar-refractivity contribution in [3.8, 4) is 0 Å². The van der Waals surface area contributed by atoms with E-state index < -0.39 is 0 Å². The molecule has 0 atom stereocenters. The zero-order valence-electron chi connectivity index (χ0n) is 11.2. The number of anilines is 2. The predicted octanol–water partition coefficient (Wildman–Crippen LogP) is 3.62. The lowest BCUT2D eigenvalue weighted by Gasteiger charge is -2.08. The maximum absolute atomic E-state index is 11.9. The molecule has 0 fully saturated rings. The molecule has 1 heterocycles. The minimum absolute atomic E-state index is 0.117. The molecule has 1 amide bonds. The third-order valence-corrected chi connectivity index (χ3v) is 2.88. The molecule has 0 bridgehead atoms. The van der Waals surface area contributed by atoms with Crippen LogP contribution in [-0.4, -0.2) is 17.4 Å². The van der Waals surface area contributed by atoms with Gasteiger partial charge in [-0.2, -0.15) is 0 Å². The summed E-state index contributed by atoms with van der Waals surface area (Å²) in [6.45, 7) is 2.67. The zero-order chi connectivity index (χ0) is 14.4. The van der Waals surface area contributed by atoms with Crippen molar-refractivity contribution < 1.29 is 4.79 Å². The summed E-state index contributed by atoms with van der Waals surface area (Å²) in [7, 11) is 0. The van der Waals surface area contributed by atoms with Gasteiger partial charge in [0, 0.05) is 23.5 Å². The van der Waals surface area contributed by atoms with Gasteiger partial charge in [-0.05, 0) is 30.7 Å². The summed E-state index contributed by atoms with van der Waals surface area (Å²) in [6.07, 6.45) is 4.12. The smallest absolute Gasteiger partial charge is 0.252 e. The predicted molar refractivity (Wildman–Crippen MR) is 81.6 cm³/mol. The maximum atomic E-state index is 11.9. The third-order valence-electron chi connectivity index (χ3n) is 2.65. The van der Waals surface area contributed by atoms with Crippen LogP contribution >= 0.6 is 11.6 Å². The van der Waals surface area contributed by atoms with Crippen LogP contribution in [0.3, 0.4) is 0 Å². The fourth-order valence-corrected chi connectivity index (χ4v) is 1.90. The van der Waals surface area contributed by atoms with Crippen molar-refractivity contribution in [3.63, 3.8) is 0 Å². The first kappa shape index (κ1) is 14.3. The van der Waals surface area contributed by atoms with E-state index in [1.165, 1.54) is 0 Å². The summed E-state index contributed by atoms with van der Waals surface area (Å²) < 4.78 is 0. The van der Waals surface area contributed by atoms with Crippen LogP contribution in [0, 0.1) is 0 Å². The van der Waals surface area contributed by atoms with Crippen LogP contribution < -0.4 is 10.6 Å². The summed E-state index contributed by atoms with van der Waals surface area (Å²) in [5, 5.41) is 6.64. The first-order chi connectivity index (χ1) is 9.69. The fraction of sp³-hybridized carbons (Fsp3) is 0.200. The molecule has 0 unspecified atom stereocenters. The Labute approximate surface area is 123 Å². The van der Waals surface area contributed by atoms with Crippen molar-refractivity contribution >= 4 is 28.9 Å². The average molecular weight is 290 g/mol. The Morgan fingerprint density at radius 2 is 2.10 bits per heavy atom. The zero-order valence-corrected chi connectivity index (χ0v) is 11.9. The van der Waals surface area contributed by atoms with Gasteiger partial charge in [0.1, 0.15) is 0 Å². The number of carbonyl (C=O) groups excluding carboxylic acids is 1. The Balaban J connectivity index is 2.11. The van der Waals surface area contributed by atoms with Gasteiger partial charge in [-0.1, -0.05) is 24.6 Å². The Bertz CT molecular complexity index is 601. The molecule has 104 valence electrons. The second kappa shape index (κ2) is 6.91. The number of carbonyl (C=O) groups is 1. The van der Waals surface area contributed by atoms with Crippen molar-refractivity contribution in [2.24, 2.45) is 0 Å². The number of hydrogen-bond donors (Lipinski definition) is 2. The molecule has 20 heavy (non-hydrogen) atoms. The first-order valence-electron chi connectivity index (χ1n) is 6.45. The summed E-state index contributed by atoms with van der Waals surface area (Å²) >= 11 is 5.93. The molecule has 0 radical (unpaired) electrons. The van der Waals surface area contributed by atoms with Gasteiger partial charge in [0.25, 0.3) is 5.91 Å². The van der Waals surface area contributed by atoms with Gasteiger partial charge in [0.2, 0.25) is 0 Å². The van der Waals surface area contributed by atoms with Crippen LogP contribution in [0.2, 0.25) is 5.02 Å². The lowest BCUT2D eigenvalue weighted by molar-refractivity contribution is 0.0953. The van der Waals surface area contributed by atoms with E-state index in [-0.39, 0.29) is 5.91 Å². The number of pyridine rings is 1. The number of nitrogens with zero attached hydrogens (tertiary/aromatic N) is 1. The summed E-state index contributed by atoms with van der Waals surface area (Å²) in [5.41, 5.74) is 2.13. The molecule has 2 rings (SSSR count). The van der Waals surface area contributed by atoms with Gasteiger partial charge in [-0.15, -0.1) is 0 Å². The Morgan fingerprint density at radius 3 is 2.85 bits per heavy atom. The normalized spacial score (nSPS) is 10.1. The molecule has 0 saturated carbocycles. The van der Waals surface area contributed by atoms with E-state index in [2.05, 4.69) is 15.6 Å². The van der Waals surface area contributed by atoms with Crippen molar-refractivity contribution in [1.29, 1.82) is 0 Å². The summed E-state index contributed by atoms with van der Waals surface area (Å²) in [6, 6.07) is 9.13. The topological polar surface area (TPSA) is 54.0 Å². The van der Waals surface area contributed by atoms with Crippen LogP contribution in [0.4, 0.5) is 11.4 Å². The van der Waals surface area contributed by atoms with E-state index in [0.717, 1.165) is 17.8 Å². The molecule has 4 nitrogen and oxygen atoms in total. The SMILES string of the molecule is CCCNC(=O)c1cncc(Nc2cccc(Cl)c2)c1. The molecule has 0 spiro atoms. The lowest BCUT2D eigenvalue weighted by atomic mass is 10.2. The van der Waals surface area contributed by atoms with Gasteiger partial charge < -0.3 is 10.6 Å². The highest BCUT2D eigenvalue weighted by Gasteiger charge is 2.06. The number of rotatable bonds is 5. The van der Waals surface area contributed by atoms with E-state index >= 15 is 0 Å². The first-order valence-corrected chi connectivity index (χ1v) is 6.82. The lowest BCUT2D eigenvalue weighted by Crippen LogP contribution is -2.24. The van der Waals surface area contributed by atoms with Crippen molar-refractivity contribution in [2.75, 3.05) is 11.9 Å². The van der Waals surface area contributed by atoms with E-state index in [0.29, 0.717) is 17.1 Å². The van der Waals surface area contributed by atoms with Gasteiger partial charge in [-0.3, -0.25) is 9.78 Å². The monoisotopic (exact) mass is 289 g/mol. The van der Waals surface area contributed by atoms with Crippen molar-refractivity contribution in [3.05, 3.63) is 53.3 Å². The molecular formula is C15H16ClN3O. The Hall–Kier alpha value is -2.07. The van der Waals surface area contributed by atoms with Gasteiger partial charge in [-0.25, -0.2) is 0 Å². The van der Waals surface area contributed by atoms with E-state index in [1.54, 1.807) is 24.5 Å². The van der Waals surface area contributed by atoms with E-state index in [9.17, 15) is 4.79 Å². The molecule has 1 aromatic heterocycles. The average Bonchev–Trinajstić information content (AvgIpc) is 2.45. The highest BCUT2D eigenvalue weighted by atomic mass is 35.5. The second-order valence-corrected chi connectivity index (χ2v) is 4.79. The molecule has 0 aliphatic rings. The van der Waals surface area contributed by atoms with Crippen molar-refractivity contribution in [1.82, 2.24) is 10.3 Å². The number of benzene rings is 1. The van der Waals surface area contributed by atoms with E-state index in [4.69, 9.17) is 11.6 Å². The molecule has 0 saturated heterocycles. The third kappa shape index (κ3) is 3.96. The summed E-state index contributed by atoms with van der Waals surface area (Å²) in [5.74, 6) is -0.117. The molecule has 0 aliphatic carbocycles. The molecule has 5 heteroatoms. The molecular weight excluding hydrogens is 274 g/mol. The van der Waals surface area contributed by atoms with Crippen LogP contribution in [0.1, 0.15) is 23.7 Å². The fourth-order valence-electron chi connectivity index (χ4n) is 1.71. The highest BCUT2D eigenvalue weighted by Crippen LogP contribution is 2.20. The molecule has 2 N–H and O–H groups in total. The van der Waals surface area contributed by atoms with Gasteiger partial charge >= 0.3 is 0 Å². The maximum Gasteiger partial charge on any atom is 0.252 e.